The number of carbonyl (C=O) groups excluding carboxylic acids is 1. The van der Waals surface area contributed by atoms with E-state index in [4.69, 9.17) is 5.73 Å². The molecule has 1 unspecified atom stereocenters. The van der Waals surface area contributed by atoms with Crippen LogP contribution in [0.15, 0.2) is 60.7 Å². The van der Waals surface area contributed by atoms with Crippen molar-refractivity contribution >= 4 is 22.6 Å². The summed E-state index contributed by atoms with van der Waals surface area (Å²) < 4.78 is 0. The van der Waals surface area contributed by atoms with Crippen LogP contribution in [0, 0.1) is 0 Å². The molecule has 0 spiro atoms. The summed E-state index contributed by atoms with van der Waals surface area (Å²) in [7, 11) is 0. The Morgan fingerprint density at radius 3 is 2.38 bits per heavy atom. The Balaban J connectivity index is 1.70. The van der Waals surface area contributed by atoms with Gasteiger partial charge in [-0.2, -0.15) is 0 Å². The van der Waals surface area contributed by atoms with Gasteiger partial charge in [0.1, 0.15) is 6.04 Å². The van der Waals surface area contributed by atoms with Gasteiger partial charge in [0.15, 0.2) is 11.5 Å². The molecule has 3 rings (SSSR count). The standard InChI is InChI=1S/C22H22N2O5/c23-17(12-15-6-3-5-14-4-1-2-7-16(14)15)21(27)24-18(22(28)29)10-13-8-9-19(25)20(26)11-13/h1-9,11,17-18,25-26H,10,12,23H2,(H,24,27)(H,28,29)/t17-,18?/m0/s1. The van der Waals surface area contributed by atoms with Crippen LogP contribution >= 0.6 is 0 Å². The van der Waals surface area contributed by atoms with E-state index in [1.54, 1.807) is 0 Å². The van der Waals surface area contributed by atoms with E-state index in [0.717, 1.165) is 16.3 Å². The third kappa shape index (κ3) is 4.83. The highest BCUT2D eigenvalue weighted by Crippen LogP contribution is 2.25. The maximum atomic E-state index is 12.5. The Morgan fingerprint density at radius 2 is 1.66 bits per heavy atom. The van der Waals surface area contributed by atoms with Crippen molar-refractivity contribution in [3.05, 3.63) is 71.8 Å². The molecule has 1 amide bonds. The van der Waals surface area contributed by atoms with Crippen LogP contribution in [0.3, 0.4) is 0 Å². The molecule has 2 atom stereocenters. The summed E-state index contributed by atoms with van der Waals surface area (Å²) in [6.45, 7) is 0. The Kier molecular flexibility index (Phi) is 5.99. The molecule has 0 radical (unpaired) electrons. The van der Waals surface area contributed by atoms with Crippen LogP contribution in [0.25, 0.3) is 10.8 Å². The molecule has 6 N–H and O–H groups in total. The zero-order valence-electron chi connectivity index (χ0n) is 15.6. The number of carboxylic acids is 1. The number of aliphatic carboxylic acids is 1. The summed E-state index contributed by atoms with van der Waals surface area (Å²) in [5.41, 5.74) is 7.41. The zero-order valence-corrected chi connectivity index (χ0v) is 15.6. The van der Waals surface area contributed by atoms with Gasteiger partial charge in [0.25, 0.3) is 0 Å². The number of carbonyl (C=O) groups is 2. The first-order valence-electron chi connectivity index (χ1n) is 9.11. The van der Waals surface area contributed by atoms with Gasteiger partial charge in [-0.3, -0.25) is 4.79 Å². The van der Waals surface area contributed by atoms with Gasteiger partial charge in [0, 0.05) is 6.42 Å². The number of phenolic OH excluding ortho intramolecular Hbond substituents is 2. The lowest BCUT2D eigenvalue weighted by Gasteiger charge is -2.19. The molecule has 0 aliphatic carbocycles. The lowest BCUT2D eigenvalue weighted by Crippen LogP contribution is -2.50. The lowest BCUT2D eigenvalue weighted by atomic mass is 9.98. The minimum absolute atomic E-state index is 0.0596. The van der Waals surface area contributed by atoms with Crippen molar-refractivity contribution in [2.45, 2.75) is 24.9 Å². The monoisotopic (exact) mass is 394 g/mol. The molecule has 29 heavy (non-hydrogen) atoms. The number of rotatable bonds is 7. The van der Waals surface area contributed by atoms with Crippen molar-refractivity contribution in [1.29, 1.82) is 0 Å². The summed E-state index contributed by atoms with van der Waals surface area (Å²) in [6, 6.07) is 15.4. The molecule has 0 bridgehead atoms. The predicted molar refractivity (Wildman–Crippen MR) is 109 cm³/mol. The van der Waals surface area contributed by atoms with Crippen LogP contribution in [-0.4, -0.2) is 39.3 Å². The van der Waals surface area contributed by atoms with Gasteiger partial charge in [-0.1, -0.05) is 48.5 Å². The van der Waals surface area contributed by atoms with E-state index in [9.17, 15) is 24.9 Å². The van der Waals surface area contributed by atoms with E-state index in [1.807, 2.05) is 42.5 Å². The molecule has 0 heterocycles. The third-order valence-corrected chi connectivity index (χ3v) is 4.75. The maximum Gasteiger partial charge on any atom is 0.326 e. The molecule has 0 aromatic heterocycles. The van der Waals surface area contributed by atoms with Gasteiger partial charge >= 0.3 is 5.97 Å². The highest BCUT2D eigenvalue weighted by atomic mass is 16.4. The molecule has 0 saturated heterocycles. The number of benzene rings is 3. The minimum atomic E-state index is -1.22. The van der Waals surface area contributed by atoms with Gasteiger partial charge in [-0.05, 0) is 40.5 Å². The quantitative estimate of drug-likeness (QED) is 0.389. The molecule has 3 aromatic carbocycles. The summed E-state index contributed by atoms with van der Waals surface area (Å²) in [5.74, 6) is -2.45. The van der Waals surface area contributed by atoms with Crippen LogP contribution in [0.5, 0.6) is 11.5 Å². The van der Waals surface area contributed by atoms with Gasteiger partial charge in [0.05, 0.1) is 6.04 Å². The van der Waals surface area contributed by atoms with E-state index in [1.165, 1.54) is 18.2 Å². The molecular weight excluding hydrogens is 372 g/mol. The van der Waals surface area contributed by atoms with Crippen molar-refractivity contribution in [1.82, 2.24) is 5.32 Å². The van der Waals surface area contributed by atoms with Crippen LogP contribution in [0.2, 0.25) is 0 Å². The molecule has 0 fully saturated rings. The normalized spacial score (nSPS) is 13.0. The Labute approximate surface area is 167 Å². The number of amides is 1. The largest absolute Gasteiger partial charge is 0.504 e. The number of nitrogens with one attached hydrogen (secondary N) is 1. The van der Waals surface area contributed by atoms with E-state index in [-0.39, 0.29) is 24.3 Å². The topological polar surface area (TPSA) is 133 Å². The molecule has 0 aliphatic rings. The summed E-state index contributed by atoms with van der Waals surface area (Å²) in [4.78, 5) is 24.1. The summed E-state index contributed by atoms with van der Waals surface area (Å²) in [6.07, 6.45) is 0.204. The first-order valence-corrected chi connectivity index (χ1v) is 9.11. The molecule has 0 saturated carbocycles. The summed E-state index contributed by atoms with van der Waals surface area (Å²) >= 11 is 0. The second-order valence-electron chi connectivity index (χ2n) is 6.88. The highest BCUT2D eigenvalue weighted by molar-refractivity contribution is 5.89. The SMILES string of the molecule is N[C@@H](Cc1cccc2ccccc12)C(=O)NC(Cc1ccc(O)c(O)c1)C(=O)O. The Bertz CT molecular complexity index is 1050. The second-order valence-corrected chi connectivity index (χ2v) is 6.88. The number of carboxylic acid groups (broad SMARTS) is 1. The maximum absolute atomic E-state index is 12.5. The smallest absolute Gasteiger partial charge is 0.326 e. The first kappa shape index (κ1) is 20.2. The zero-order chi connectivity index (χ0) is 21.0. The Morgan fingerprint density at radius 1 is 0.931 bits per heavy atom. The van der Waals surface area contributed by atoms with Crippen LogP contribution < -0.4 is 11.1 Å². The number of nitrogens with two attached hydrogens (primary N) is 1. The fraction of sp³-hybridized carbons (Fsp3) is 0.182. The van der Waals surface area contributed by atoms with Crippen molar-refractivity contribution in [3.8, 4) is 11.5 Å². The van der Waals surface area contributed by atoms with Crippen molar-refractivity contribution in [2.75, 3.05) is 0 Å². The van der Waals surface area contributed by atoms with E-state index >= 15 is 0 Å². The van der Waals surface area contributed by atoms with Gasteiger partial charge in [-0.25, -0.2) is 4.79 Å². The fourth-order valence-corrected chi connectivity index (χ4v) is 3.21. The second kappa shape index (κ2) is 8.62. The first-order chi connectivity index (χ1) is 13.8. The molecular formula is C22H22N2O5. The molecule has 7 nitrogen and oxygen atoms in total. The predicted octanol–water partition coefficient (Wildman–Crippen LogP) is 1.93. The third-order valence-electron chi connectivity index (χ3n) is 4.75. The molecule has 3 aromatic rings. The van der Waals surface area contributed by atoms with Crippen LogP contribution in [0.4, 0.5) is 0 Å². The van der Waals surface area contributed by atoms with Gasteiger partial charge in [0.2, 0.25) is 5.91 Å². The minimum Gasteiger partial charge on any atom is -0.504 e. The van der Waals surface area contributed by atoms with Crippen molar-refractivity contribution < 1.29 is 24.9 Å². The lowest BCUT2D eigenvalue weighted by molar-refractivity contribution is -0.141. The average Bonchev–Trinajstić information content (AvgIpc) is 2.70. The van der Waals surface area contributed by atoms with Crippen molar-refractivity contribution in [2.24, 2.45) is 5.73 Å². The molecule has 150 valence electrons. The summed E-state index contributed by atoms with van der Waals surface area (Å²) in [5, 5.41) is 32.9. The van der Waals surface area contributed by atoms with Crippen LogP contribution in [-0.2, 0) is 22.4 Å². The van der Waals surface area contributed by atoms with Crippen molar-refractivity contribution in [3.63, 3.8) is 0 Å². The molecule has 0 aliphatic heterocycles. The number of aromatic hydroxyl groups is 2. The van der Waals surface area contributed by atoms with Crippen LogP contribution in [0.1, 0.15) is 11.1 Å². The number of hydrogen-bond acceptors (Lipinski definition) is 5. The fourth-order valence-electron chi connectivity index (χ4n) is 3.21. The number of phenols is 2. The van der Waals surface area contributed by atoms with Gasteiger partial charge in [-0.15, -0.1) is 0 Å². The highest BCUT2D eigenvalue weighted by Gasteiger charge is 2.24. The Hall–Kier alpha value is -3.58. The van der Waals surface area contributed by atoms with E-state index < -0.39 is 24.0 Å². The molecule has 7 heteroatoms. The number of fused-ring (bicyclic) bond motifs is 1. The van der Waals surface area contributed by atoms with E-state index in [0.29, 0.717) is 5.56 Å². The van der Waals surface area contributed by atoms with Gasteiger partial charge < -0.3 is 26.4 Å². The van der Waals surface area contributed by atoms with E-state index in [2.05, 4.69) is 5.32 Å². The number of hydrogen-bond donors (Lipinski definition) is 5. The average molecular weight is 394 g/mol.